The van der Waals surface area contributed by atoms with Gasteiger partial charge in [-0.15, -0.1) is 0 Å². The van der Waals surface area contributed by atoms with Crippen molar-refractivity contribution in [3.8, 4) is 0 Å². The molecule has 27 heavy (non-hydrogen) atoms. The smallest absolute Gasteiger partial charge is 0.326 e. The number of alkyl halides is 3. The van der Waals surface area contributed by atoms with Crippen LogP contribution in [0.1, 0.15) is 12.7 Å². The Labute approximate surface area is 154 Å². The molecular formula is C17H20F3N5O2. The molecule has 0 aliphatic heterocycles. The summed E-state index contributed by atoms with van der Waals surface area (Å²) >= 11 is 0. The van der Waals surface area contributed by atoms with Crippen LogP contribution in [0.2, 0.25) is 0 Å². The van der Waals surface area contributed by atoms with Crippen molar-refractivity contribution < 1.29 is 22.8 Å². The van der Waals surface area contributed by atoms with E-state index < -0.39 is 12.7 Å². The average molecular weight is 383 g/mol. The maximum Gasteiger partial charge on any atom is 0.406 e. The minimum Gasteiger partial charge on any atom is -0.326 e. The molecule has 0 saturated carbocycles. The van der Waals surface area contributed by atoms with Crippen LogP contribution in [0.5, 0.6) is 0 Å². The number of likely N-dealkylation sites (N-methyl/N-ethyl adjacent to an activating group) is 1. The van der Waals surface area contributed by atoms with E-state index in [1.807, 2.05) is 0 Å². The van der Waals surface area contributed by atoms with Crippen molar-refractivity contribution >= 4 is 23.2 Å². The van der Waals surface area contributed by atoms with E-state index in [1.54, 1.807) is 36.2 Å². The topological polar surface area (TPSA) is 79.3 Å². The second kappa shape index (κ2) is 8.67. The van der Waals surface area contributed by atoms with Gasteiger partial charge in [-0.2, -0.15) is 13.2 Å². The number of anilines is 2. The monoisotopic (exact) mass is 383 g/mol. The molecule has 0 fully saturated rings. The van der Waals surface area contributed by atoms with Crippen molar-refractivity contribution in [2.24, 2.45) is 0 Å². The fourth-order valence-electron chi connectivity index (χ4n) is 2.41. The van der Waals surface area contributed by atoms with E-state index in [0.29, 0.717) is 11.4 Å². The Hall–Kier alpha value is -2.88. The van der Waals surface area contributed by atoms with Crippen molar-refractivity contribution in [2.75, 3.05) is 24.2 Å². The number of benzene rings is 1. The van der Waals surface area contributed by atoms with Crippen LogP contribution in [-0.2, 0) is 22.7 Å². The highest BCUT2D eigenvalue weighted by molar-refractivity contribution is 5.93. The number of hydrogen-bond acceptors (Lipinski definition) is 4. The quantitative estimate of drug-likeness (QED) is 0.770. The molecule has 2 N–H and O–H groups in total. The third-order valence-electron chi connectivity index (χ3n) is 3.47. The predicted octanol–water partition coefficient (Wildman–Crippen LogP) is 2.47. The van der Waals surface area contributed by atoms with E-state index in [0.717, 1.165) is 4.57 Å². The molecule has 7 nitrogen and oxygen atoms in total. The van der Waals surface area contributed by atoms with Crippen LogP contribution < -0.4 is 10.6 Å². The second-order valence-corrected chi connectivity index (χ2v) is 6.07. The molecule has 10 heteroatoms. The molecule has 0 aliphatic rings. The van der Waals surface area contributed by atoms with E-state index in [-0.39, 0.29) is 30.7 Å². The van der Waals surface area contributed by atoms with Gasteiger partial charge in [0.05, 0.1) is 13.1 Å². The van der Waals surface area contributed by atoms with Crippen LogP contribution in [0, 0.1) is 0 Å². The highest BCUT2D eigenvalue weighted by atomic mass is 19.4. The van der Waals surface area contributed by atoms with E-state index in [4.69, 9.17) is 0 Å². The molecule has 0 unspecified atom stereocenters. The third-order valence-corrected chi connectivity index (χ3v) is 3.47. The van der Waals surface area contributed by atoms with E-state index in [9.17, 15) is 22.8 Å². The SMILES string of the molecule is CC(=O)Nc1ccc(NC(=O)CN(C)Cc2nccn2CC(F)(F)F)cc1. The molecule has 0 saturated heterocycles. The number of halogens is 3. The lowest BCUT2D eigenvalue weighted by atomic mass is 10.2. The summed E-state index contributed by atoms with van der Waals surface area (Å²) in [6, 6.07) is 6.57. The second-order valence-electron chi connectivity index (χ2n) is 6.07. The van der Waals surface area contributed by atoms with Gasteiger partial charge in [-0.25, -0.2) is 4.98 Å². The standard InChI is InChI=1S/C17H20F3N5O2/c1-12(26)22-13-3-5-14(6-4-13)23-16(27)10-24(2)9-15-21-7-8-25(15)11-17(18,19)20/h3-8H,9-11H2,1-2H3,(H,22,26)(H,23,27). The molecule has 0 spiro atoms. The molecule has 146 valence electrons. The molecule has 2 aromatic rings. The zero-order valence-corrected chi connectivity index (χ0v) is 14.9. The Bertz CT molecular complexity index is 787. The molecule has 1 aromatic carbocycles. The molecule has 0 radical (unpaired) electrons. The molecule has 2 rings (SSSR count). The molecule has 2 amide bonds. The summed E-state index contributed by atoms with van der Waals surface area (Å²) in [5.41, 5.74) is 1.15. The predicted molar refractivity (Wildman–Crippen MR) is 94.0 cm³/mol. The maximum absolute atomic E-state index is 12.5. The third kappa shape index (κ3) is 7.10. The first-order chi connectivity index (χ1) is 12.6. The zero-order chi connectivity index (χ0) is 20.0. The van der Waals surface area contributed by atoms with Gasteiger partial charge in [0, 0.05) is 30.7 Å². The largest absolute Gasteiger partial charge is 0.406 e. The van der Waals surface area contributed by atoms with Gasteiger partial charge in [0.15, 0.2) is 0 Å². The molecule has 0 bridgehead atoms. The van der Waals surface area contributed by atoms with Crippen LogP contribution in [0.3, 0.4) is 0 Å². The van der Waals surface area contributed by atoms with E-state index >= 15 is 0 Å². The first-order valence-corrected chi connectivity index (χ1v) is 8.05. The highest BCUT2D eigenvalue weighted by Gasteiger charge is 2.29. The molecule has 1 heterocycles. The molecule has 1 aromatic heterocycles. The Morgan fingerprint density at radius 1 is 1.15 bits per heavy atom. The lowest BCUT2D eigenvalue weighted by Gasteiger charge is -2.17. The molecule has 0 atom stereocenters. The Kier molecular flexibility index (Phi) is 6.56. The van der Waals surface area contributed by atoms with Gasteiger partial charge in [-0.1, -0.05) is 0 Å². The summed E-state index contributed by atoms with van der Waals surface area (Å²) in [5, 5.41) is 5.30. The van der Waals surface area contributed by atoms with E-state index in [2.05, 4.69) is 15.6 Å². The van der Waals surface area contributed by atoms with Crippen molar-refractivity contribution in [3.05, 3.63) is 42.5 Å². The fraction of sp³-hybridized carbons (Fsp3) is 0.353. The van der Waals surface area contributed by atoms with Gasteiger partial charge in [-0.3, -0.25) is 14.5 Å². The lowest BCUT2D eigenvalue weighted by Crippen LogP contribution is -2.31. The summed E-state index contributed by atoms with van der Waals surface area (Å²) in [5.74, 6) is -0.293. The minimum atomic E-state index is -4.34. The lowest BCUT2D eigenvalue weighted by molar-refractivity contribution is -0.141. The van der Waals surface area contributed by atoms with Gasteiger partial charge < -0.3 is 15.2 Å². The Balaban J connectivity index is 1.87. The van der Waals surface area contributed by atoms with Crippen molar-refractivity contribution in [1.82, 2.24) is 14.5 Å². The van der Waals surface area contributed by atoms with Gasteiger partial charge in [0.1, 0.15) is 12.4 Å². The maximum atomic E-state index is 12.5. The summed E-state index contributed by atoms with van der Waals surface area (Å²) in [7, 11) is 1.62. The summed E-state index contributed by atoms with van der Waals surface area (Å²) in [6.07, 6.45) is -1.78. The summed E-state index contributed by atoms with van der Waals surface area (Å²) < 4.78 is 38.6. The van der Waals surface area contributed by atoms with Crippen molar-refractivity contribution in [3.63, 3.8) is 0 Å². The van der Waals surface area contributed by atoms with Crippen molar-refractivity contribution in [2.45, 2.75) is 26.2 Å². The first-order valence-electron chi connectivity index (χ1n) is 8.05. The first kappa shape index (κ1) is 20.4. The van der Waals surface area contributed by atoms with Gasteiger partial charge >= 0.3 is 6.18 Å². The Morgan fingerprint density at radius 3 is 2.30 bits per heavy atom. The number of carbonyl (C=O) groups is 2. The zero-order valence-electron chi connectivity index (χ0n) is 14.9. The minimum absolute atomic E-state index is 0.0215. The normalized spacial score (nSPS) is 11.5. The molecular weight excluding hydrogens is 363 g/mol. The number of hydrogen-bond donors (Lipinski definition) is 2. The molecule has 0 aliphatic carbocycles. The van der Waals surface area contributed by atoms with Gasteiger partial charge in [-0.05, 0) is 31.3 Å². The van der Waals surface area contributed by atoms with Gasteiger partial charge in [0.2, 0.25) is 11.8 Å². The van der Waals surface area contributed by atoms with Crippen LogP contribution >= 0.6 is 0 Å². The number of nitrogens with one attached hydrogen (secondary N) is 2. The Morgan fingerprint density at radius 2 is 1.74 bits per heavy atom. The van der Waals surface area contributed by atoms with Crippen LogP contribution in [0.25, 0.3) is 0 Å². The number of imidazole rings is 1. The summed E-state index contributed by atoms with van der Waals surface area (Å²) in [6.45, 7) is 0.346. The van der Waals surface area contributed by atoms with Crippen LogP contribution in [0.4, 0.5) is 24.5 Å². The number of aromatic nitrogens is 2. The number of amides is 2. The number of rotatable bonds is 7. The van der Waals surface area contributed by atoms with Crippen molar-refractivity contribution in [1.29, 1.82) is 0 Å². The number of carbonyl (C=O) groups excluding carboxylic acids is 2. The highest BCUT2D eigenvalue weighted by Crippen LogP contribution is 2.18. The van der Waals surface area contributed by atoms with E-state index in [1.165, 1.54) is 19.3 Å². The van der Waals surface area contributed by atoms with Crippen LogP contribution in [0.15, 0.2) is 36.7 Å². The summed E-state index contributed by atoms with van der Waals surface area (Å²) in [4.78, 5) is 28.6. The van der Waals surface area contributed by atoms with Crippen LogP contribution in [-0.4, -0.2) is 46.0 Å². The van der Waals surface area contributed by atoms with Gasteiger partial charge in [0.25, 0.3) is 0 Å². The average Bonchev–Trinajstić information content (AvgIpc) is 2.93. The number of nitrogens with zero attached hydrogens (tertiary/aromatic N) is 3. The fourth-order valence-corrected chi connectivity index (χ4v) is 2.41.